The minimum Gasteiger partial charge on any atom is -0.311 e. The van der Waals surface area contributed by atoms with E-state index < -0.39 is 5.91 Å². The Balaban J connectivity index is 1.81. The first-order valence-electron chi connectivity index (χ1n) is 9.35. The molecular formula is C23H18N4O2S. The molecule has 0 aliphatic carbocycles. The first-order valence-corrected chi connectivity index (χ1v) is 10.2. The van der Waals surface area contributed by atoms with Crippen LogP contribution in [0.3, 0.4) is 0 Å². The molecular weight excluding hydrogens is 396 g/mol. The second-order valence-corrected chi connectivity index (χ2v) is 8.12. The number of amides is 1. The molecule has 4 aromatic rings. The lowest BCUT2D eigenvalue weighted by atomic mass is 10.1. The number of aryl methyl sites for hydroxylation is 1. The third-order valence-electron chi connectivity index (χ3n) is 4.98. The second kappa shape index (κ2) is 7.93. The molecule has 6 nitrogen and oxygen atoms in total. The van der Waals surface area contributed by atoms with Crippen molar-refractivity contribution in [1.82, 2.24) is 9.78 Å². The molecule has 0 atom stereocenters. The molecule has 0 saturated carbocycles. The number of carbonyl (C=O) groups excluding carboxylic acids is 1. The van der Waals surface area contributed by atoms with Crippen LogP contribution in [0.25, 0.3) is 10.8 Å². The fourth-order valence-corrected chi connectivity index (χ4v) is 4.28. The molecule has 4 rings (SSSR count). The van der Waals surface area contributed by atoms with Gasteiger partial charge in [0.2, 0.25) is 0 Å². The van der Waals surface area contributed by atoms with Gasteiger partial charge in [0.15, 0.2) is 5.69 Å². The van der Waals surface area contributed by atoms with E-state index in [1.807, 2.05) is 44.2 Å². The van der Waals surface area contributed by atoms with Crippen molar-refractivity contribution in [2.24, 2.45) is 0 Å². The summed E-state index contributed by atoms with van der Waals surface area (Å²) in [6.07, 6.45) is 0. The molecule has 7 heteroatoms. The van der Waals surface area contributed by atoms with Crippen LogP contribution in [0, 0.1) is 25.2 Å². The van der Waals surface area contributed by atoms with Gasteiger partial charge in [0, 0.05) is 10.3 Å². The van der Waals surface area contributed by atoms with Gasteiger partial charge in [-0.3, -0.25) is 9.59 Å². The summed E-state index contributed by atoms with van der Waals surface area (Å²) < 4.78 is 1.31. The zero-order valence-electron chi connectivity index (χ0n) is 16.5. The monoisotopic (exact) mass is 414 g/mol. The van der Waals surface area contributed by atoms with Gasteiger partial charge in [-0.2, -0.15) is 10.4 Å². The van der Waals surface area contributed by atoms with E-state index in [-0.39, 0.29) is 17.8 Å². The van der Waals surface area contributed by atoms with Crippen molar-refractivity contribution in [2.45, 2.75) is 20.4 Å². The fourth-order valence-electron chi connectivity index (χ4n) is 3.28. The third kappa shape index (κ3) is 3.49. The summed E-state index contributed by atoms with van der Waals surface area (Å²) in [6.45, 7) is 4.02. The van der Waals surface area contributed by atoms with Crippen LogP contribution in [0.15, 0.2) is 59.4 Å². The molecule has 0 saturated heterocycles. The van der Waals surface area contributed by atoms with Crippen molar-refractivity contribution in [3.63, 3.8) is 0 Å². The summed E-state index contributed by atoms with van der Waals surface area (Å²) >= 11 is 1.35. The number of aromatic nitrogens is 2. The molecule has 0 radical (unpaired) electrons. The average Bonchev–Trinajstić information content (AvgIpc) is 3.03. The number of carbonyl (C=O) groups is 1. The van der Waals surface area contributed by atoms with Crippen LogP contribution >= 0.6 is 11.3 Å². The smallest absolute Gasteiger partial charge is 0.277 e. The normalized spacial score (nSPS) is 10.7. The predicted molar refractivity (Wildman–Crippen MR) is 118 cm³/mol. The summed E-state index contributed by atoms with van der Waals surface area (Å²) in [5.74, 6) is -0.453. The van der Waals surface area contributed by atoms with Gasteiger partial charge in [-0.25, -0.2) is 4.68 Å². The van der Waals surface area contributed by atoms with Crippen LogP contribution in [-0.4, -0.2) is 15.7 Å². The lowest BCUT2D eigenvalue weighted by Gasteiger charge is -2.11. The van der Waals surface area contributed by atoms with E-state index in [9.17, 15) is 14.9 Å². The SMILES string of the molecule is Cc1sc(NC(=O)c2nn(Cc3ccccc3)c(=O)c3ccccc23)c(C#N)c1C. The van der Waals surface area contributed by atoms with E-state index in [2.05, 4.69) is 16.5 Å². The van der Waals surface area contributed by atoms with Gasteiger partial charge in [0.05, 0.1) is 17.5 Å². The number of benzene rings is 2. The van der Waals surface area contributed by atoms with E-state index in [1.165, 1.54) is 16.0 Å². The molecule has 0 bridgehead atoms. The number of hydrogen-bond acceptors (Lipinski definition) is 5. The molecule has 0 fully saturated rings. The van der Waals surface area contributed by atoms with Crippen molar-refractivity contribution >= 4 is 33.0 Å². The number of nitrogens with one attached hydrogen (secondary N) is 1. The number of nitriles is 1. The standard InChI is InChI=1S/C23H18N4O2S/c1-14-15(2)30-22(19(14)12-24)25-21(28)20-17-10-6-7-11-18(17)23(29)27(26-20)13-16-8-4-3-5-9-16/h3-11H,13H2,1-2H3,(H,25,28). The zero-order chi connectivity index (χ0) is 21.3. The van der Waals surface area contributed by atoms with Gasteiger partial charge in [-0.05, 0) is 31.0 Å². The maximum absolute atomic E-state index is 13.1. The van der Waals surface area contributed by atoms with Gasteiger partial charge >= 0.3 is 0 Å². The highest BCUT2D eigenvalue weighted by Gasteiger charge is 2.20. The van der Waals surface area contributed by atoms with Gasteiger partial charge in [0.25, 0.3) is 11.5 Å². The Hall–Kier alpha value is -3.76. The number of thiophene rings is 1. The van der Waals surface area contributed by atoms with Crippen LogP contribution in [0.4, 0.5) is 5.00 Å². The lowest BCUT2D eigenvalue weighted by molar-refractivity contribution is 0.102. The Morgan fingerprint density at radius 2 is 1.77 bits per heavy atom. The molecule has 0 spiro atoms. The van der Waals surface area contributed by atoms with Crippen molar-refractivity contribution in [1.29, 1.82) is 5.26 Å². The minimum absolute atomic E-state index is 0.147. The summed E-state index contributed by atoms with van der Waals surface area (Å²) in [4.78, 5) is 27.0. The lowest BCUT2D eigenvalue weighted by Crippen LogP contribution is -2.28. The molecule has 0 unspecified atom stereocenters. The zero-order valence-corrected chi connectivity index (χ0v) is 17.3. The molecule has 0 aliphatic heterocycles. The Kier molecular flexibility index (Phi) is 5.17. The Morgan fingerprint density at radius 3 is 2.47 bits per heavy atom. The largest absolute Gasteiger partial charge is 0.311 e. The predicted octanol–water partition coefficient (Wildman–Crippen LogP) is 4.25. The number of nitrogens with zero attached hydrogens (tertiary/aromatic N) is 3. The van der Waals surface area contributed by atoms with E-state index in [4.69, 9.17) is 0 Å². The van der Waals surface area contributed by atoms with Crippen LogP contribution in [0.1, 0.15) is 32.1 Å². The van der Waals surface area contributed by atoms with Gasteiger partial charge < -0.3 is 5.32 Å². The quantitative estimate of drug-likeness (QED) is 0.541. The highest BCUT2D eigenvalue weighted by molar-refractivity contribution is 7.16. The van der Waals surface area contributed by atoms with Gasteiger partial charge in [-0.15, -0.1) is 11.3 Å². The summed E-state index contributed by atoms with van der Waals surface area (Å²) in [7, 11) is 0. The summed E-state index contributed by atoms with van der Waals surface area (Å²) in [6, 6.07) is 18.6. The number of rotatable bonds is 4. The van der Waals surface area contributed by atoms with Crippen LogP contribution in [-0.2, 0) is 6.54 Å². The van der Waals surface area contributed by atoms with E-state index in [0.717, 1.165) is 16.0 Å². The van der Waals surface area contributed by atoms with Crippen molar-refractivity contribution in [3.8, 4) is 6.07 Å². The van der Waals surface area contributed by atoms with Crippen LogP contribution < -0.4 is 10.9 Å². The maximum Gasteiger partial charge on any atom is 0.277 e. The number of anilines is 1. The molecule has 1 N–H and O–H groups in total. The molecule has 2 heterocycles. The average molecular weight is 414 g/mol. The Bertz CT molecular complexity index is 1360. The number of fused-ring (bicyclic) bond motifs is 1. The van der Waals surface area contributed by atoms with Gasteiger partial charge in [0.1, 0.15) is 11.1 Å². The minimum atomic E-state index is -0.453. The first kappa shape index (κ1) is 19.6. The second-order valence-electron chi connectivity index (χ2n) is 6.90. The van der Waals surface area contributed by atoms with Crippen molar-refractivity contribution in [3.05, 3.63) is 92.2 Å². The number of hydrogen-bond donors (Lipinski definition) is 1. The molecule has 0 aliphatic rings. The van der Waals surface area contributed by atoms with Crippen LogP contribution in [0.5, 0.6) is 0 Å². The molecule has 148 valence electrons. The van der Waals surface area contributed by atoms with Crippen LogP contribution in [0.2, 0.25) is 0 Å². The van der Waals surface area contributed by atoms with E-state index >= 15 is 0 Å². The molecule has 2 aromatic carbocycles. The van der Waals surface area contributed by atoms with Crippen molar-refractivity contribution < 1.29 is 4.79 Å². The summed E-state index contributed by atoms with van der Waals surface area (Å²) in [5, 5.41) is 18.1. The highest BCUT2D eigenvalue weighted by Crippen LogP contribution is 2.32. The van der Waals surface area contributed by atoms with E-state index in [0.29, 0.717) is 21.3 Å². The van der Waals surface area contributed by atoms with E-state index in [1.54, 1.807) is 24.3 Å². The Labute approximate surface area is 177 Å². The molecule has 2 aromatic heterocycles. The third-order valence-corrected chi connectivity index (χ3v) is 6.10. The van der Waals surface area contributed by atoms with Gasteiger partial charge in [-0.1, -0.05) is 48.5 Å². The first-order chi connectivity index (χ1) is 14.5. The Morgan fingerprint density at radius 1 is 1.10 bits per heavy atom. The highest BCUT2D eigenvalue weighted by atomic mass is 32.1. The molecule has 30 heavy (non-hydrogen) atoms. The molecule has 1 amide bonds. The topological polar surface area (TPSA) is 87.8 Å². The maximum atomic E-state index is 13.1. The van der Waals surface area contributed by atoms with Crippen molar-refractivity contribution in [2.75, 3.05) is 5.32 Å². The summed E-state index contributed by atoms with van der Waals surface area (Å²) in [5.41, 5.74) is 2.10. The fraction of sp³-hybridized carbons (Fsp3) is 0.130.